The summed E-state index contributed by atoms with van der Waals surface area (Å²) in [4.78, 5) is 12.2. The van der Waals surface area contributed by atoms with Crippen molar-refractivity contribution < 1.29 is 31.8 Å². The van der Waals surface area contributed by atoms with Crippen molar-refractivity contribution in [2.45, 2.75) is 17.4 Å². The van der Waals surface area contributed by atoms with Crippen LogP contribution in [0.1, 0.15) is 12.5 Å². The van der Waals surface area contributed by atoms with Crippen LogP contribution in [0.25, 0.3) is 0 Å². The van der Waals surface area contributed by atoms with Crippen molar-refractivity contribution in [2.75, 3.05) is 0 Å². The smallest absolute Gasteiger partial charge is 0.264 e. The molecule has 2 aromatic rings. The van der Waals surface area contributed by atoms with E-state index in [9.17, 15) is 27.1 Å². The second-order valence-electron chi connectivity index (χ2n) is 5.66. The molecule has 1 heterocycles. The van der Waals surface area contributed by atoms with Crippen molar-refractivity contribution in [3.63, 3.8) is 0 Å². The van der Waals surface area contributed by atoms with Crippen molar-refractivity contribution in [2.24, 2.45) is 0 Å². The fourth-order valence-corrected chi connectivity index (χ4v) is 3.54. The lowest BCUT2D eigenvalue weighted by Gasteiger charge is -2.24. The number of Topliss-reactive ketones (excluding diaryl/α,β-unsaturated/α-hetero) is 1. The molecule has 0 radical (unpaired) electrons. The third-order valence-electron chi connectivity index (χ3n) is 3.92. The first kappa shape index (κ1) is 17.9. The Kier molecular flexibility index (Phi) is 4.19. The molecule has 2 aromatic carbocycles. The zero-order chi connectivity index (χ0) is 19.1. The average molecular weight is 381 g/mol. The van der Waals surface area contributed by atoms with Gasteiger partial charge in [0.25, 0.3) is 15.8 Å². The van der Waals surface area contributed by atoms with Gasteiger partial charge in [-0.05, 0) is 25.1 Å². The van der Waals surface area contributed by atoms with Crippen molar-refractivity contribution >= 4 is 15.8 Å². The highest BCUT2D eigenvalue weighted by Crippen LogP contribution is 2.39. The zero-order valence-corrected chi connectivity index (χ0v) is 14.2. The molecule has 0 amide bonds. The number of hydrogen-bond acceptors (Lipinski definition) is 5. The van der Waals surface area contributed by atoms with E-state index in [-0.39, 0.29) is 4.90 Å². The van der Waals surface area contributed by atoms with Gasteiger partial charge in [0.2, 0.25) is 17.2 Å². The predicted octanol–water partition coefficient (Wildman–Crippen LogP) is 2.48. The van der Waals surface area contributed by atoms with E-state index in [1.54, 1.807) is 6.07 Å². The minimum Gasteiger partial charge on any atom is -0.501 e. The molecule has 6 nitrogen and oxygen atoms in total. The number of ketones is 1. The van der Waals surface area contributed by atoms with Crippen molar-refractivity contribution in [3.8, 4) is 0 Å². The van der Waals surface area contributed by atoms with Gasteiger partial charge in [-0.15, -0.1) is 0 Å². The van der Waals surface area contributed by atoms with E-state index >= 15 is 0 Å². The van der Waals surface area contributed by atoms with Crippen LogP contribution in [0.4, 0.5) is 8.78 Å². The Labute approximate surface area is 147 Å². The summed E-state index contributed by atoms with van der Waals surface area (Å²) in [7, 11) is -4.16. The van der Waals surface area contributed by atoms with Crippen molar-refractivity contribution in [3.05, 3.63) is 77.4 Å². The Bertz CT molecular complexity index is 1020. The second-order valence-corrected chi connectivity index (χ2v) is 7.34. The number of carbonyl (C=O) groups excluding carboxylic acids is 1. The SMILES string of the molecule is CC1(c2cccc(F)c2F)OC(NS(=O)(=O)c2ccccc2)=C(O)C1=O. The normalized spacial score (nSPS) is 20.2. The maximum atomic E-state index is 14.1. The minimum absolute atomic E-state index is 0.137. The molecule has 1 aliphatic rings. The van der Waals surface area contributed by atoms with Gasteiger partial charge in [0.15, 0.2) is 11.6 Å². The van der Waals surface area contributed by atoms with E-state index < -0.39 is 50.2 Å². The molecule has 0 fully saturated rings. The van der Waals surface area contributed by atoms with Gasteiger partial charge in [0.05, 0.1) is 4.90 Å². The van der Waals surface area contributed by atoms with E-state index in [1.165, 1.54) is 30.3 Å². The van der Waals surface area contributed by atoms with Gasteiger partial charge >= 0.3 is 0 Å². The van der Waals surface area contributed by atoms with Crippen LogP contribution < -0.4 is 4.72 Å². The van der Waals surface area contributed by atoms with Crippen LogP contribution in [0.3, 0.4) is 0 Å². The van der Waals surface area contributed by atoms with Crippen LogP contribution in [0.5, 0.6) is 0 Å². The van der Waals surface area contributed by atoms with Crippen molar-refractivity contribution in [1.82, 2.24) is 4.72 Å². The average Bonchev–Trinajstić information content (AvgIpc) is 2.82. The van der Waals surface area contributed by atoms with E-state index in [4.69, 9.17) is 4.74 Å². The highest BCUT2D eigenvalue weighted by Gasteiger charge is 2.50. The summed E-state index contributed by atoms with van der Waals surface area (Å²) in [6.45, 7) is 1.10. The molecular weight excluding hydrogens is 368 g/mol. The Balaban J connectivity index is 1.97. The first-order chi connectivity index (χ1) is 12.2. The largest absolute Gasteiger partial charge is 0.501 e. The fourth-order valence-electron chi connectivity index (χ4n) is 2.53. The maximum absolute atomic E-state index is 14.1. The predicted molar refractivity (Wildman–Crippen MR) is 86.2 cm³/mol. The molecule has 0 bridgehead atoms. The summed E-state index contributed by atoms with van der Waals surface area (Å²) >= 11 is 0. The molecule has 0 spiro atoms. The third kappa shape index (κ3) is 2.80. The first-order valence-electron chi connectivity index (χ1n) is 7.36. The third-order valence-corrected chi connectivity index (χ3v) is 5.26. The number of carbonyl (C=O) groups is 1. The molecule has 2 N–H and O–H groups in total. The molecule has 3 rings (SSSR count). The summed E-state index contributed by atoms with van der Waals surface area (Å²) < 4.78 is 59.4. The number of aliphatic hydroxyl groups is 1. The molecule has 1 atom stereocenters. The van der Waals surface area contributed by atoms with E-state index in [0.717, 1.165) is 19.1 Å². The van der Waals surface area contributed by atoms with Gasteiger partial charge in [0, 0.05) is 5.56 Å². The lowest BCUT2D eigenvalue weighted by molar-refractivity contribution is -0.132. The number of benzene rings is 2. The molecule has 136 valence electrons. The number of ether oxygens (including phenoxy) is 1. The monoisotopic (exact) mass is 381 g/mol. The Morgan fingerprint density at radius 1 is 1.08 bits per heavy atom. The standard InChI is InChI=1S/C17H13F2NO5S/c1-17(11-8-5-9-12(18)13(11)19)15(22)14(21)16(25-17)20-26(23,24)10-6-3-2-4-7-10/h2-9,20-21H,1H3. The molecule has 0 aromatic heterocycles. The molecule has 26 heavy (non-hydrogen) atoms. The van der Waals surface area contributed by atoms with Gasteiger partial charge in [-0.2, -0.15) is 0 Å². The number of hydrogen-bond donors (Lipinski definition) is 2. The Morgan fingerprint density at radius 3 is 2.38 bits per heavy atom. The Hall–Kier alpha value is -2.94. The van der Waals surface area contributed by atoms with Crippen LogP contribution >= 0.6 is 0 Å². The van der Waals surface area contributed by atoms with E-state index in [0.29, 0.717) is 0 Å². The van der Waals surface area contributed by atoms with Gasteiger partial charge < -0.3 is 9.84 Å². The first-order valence-corrected chi connectivity index (χ1v) is 8.84. The highest BCUT2D eigenvalue weighted by atomic mass is 32.2. The number of rotatable bonds is 4. The number of aliphatic hydroxyl groups excluding tert-OH is 1. The van der Waals surface area contributed by atoms with Crippen LogP contribution in [-0.4, -0.2) is 19.3 Å². The quantitative estimate of drug-likeness (QED) is 0.849. The van der Waals surface area contributed by atoms with E-state index in [2.05, 4.69) is 0 Å². The van der Waals surface area contributed by atoms with Crippen LogP contribution in [0.2, 0.25) is 0 Å². The maximum Gasteiger partial charge on any atom is 0.264 e. The second kappa shape index (κ2) is 6.10. The van der Waals surface area contributed by atoms with Gasteiger partial charge in [-0.25, -0.2) is 21.9 Å². The molecule has 1 unspecified atom stereocenters. The lowest BCUT2D eigenvalue weighted by Crippen LogP contribution is -2.33. The molecule has 0 aliphatic carbocycles. The van der Waals surface area contributed by atoms with Gasteiger partial charge in [-0.3, -0.25) is 4.79 Å². The van der Waals surface area contributed by atoms with Crippen LogP contribution in [0.15, 0.2) is 65.1 Å². The summed E-state index contributed by atoms with van der Waals surface area (Å²) in [6.07, 6.45) is 0. The topological polar surface area (TPSA) is 92.7 Å². The molecule has 0 saturated heterocycles. The minimum atomic E-state index is -4.16. The molecule has 0 saturated carbocycles. The summed E-state index contributed by atoms with van der Waals surface area (Å²) in [5.74, 6) is -5.44. The summed E-state index contributed by atoms with van der Waals surface area (Å²) in [6, 6.07) is 10.3. The number of nitrogens with one attached hydrogen (secondary N) is 1. The van der Waals surface area contributed by atoms with Crippen molar-refractivity contribution in [1.29, 1.82) is 0 Å². The summed E-state index contributed by atoms with van der Waals surface area (Å²) in [5.41, 5.74) is -2.59. The number of sulfonamides is 1. The fraction of sp³-hybridized carbons (Fsp3) is 0.118. The van der Waals surface area contributed by atoms with Gasteiger partial charge in [-0.1, -0.05) is 30.3 Å². The summed E-state index contributed by atoms with van der Waals surface area (Å²) in [5, 5.41) is 9.99. The van der Waals surface area contributed by atoms with E-state index in [1.807, 2.05) is 4.72 Å². The molecule has 9 heteroatoms. The lowest BCUT2D eigenvalue weighted by atomic mass is 9.91. The Morgan fingerprint density at radius 2 is 1.73 bits per heavy atom. The molecular formula is C17H13F2NO5S. The molecule has 1 aliphatic heterocycles. The zero-order valence-electron chi connectivity index (χ0n) is 13.4. The van der Waals surface area contributed by atoms with Gasteiger partial charge in [0.1, 0.15) is 0 Å². The highest BCUT2D eigenvalue weighted by molar-refractivity contribution is 7.89. The van der Waals surface area contributed by atoms with Crippen LogP contribution in [0, 0.1) is 11.6 Å². The number of halogens is 2. The van der Waals surface area contributed by atoms with Crippen LogP contribution in [-0.2, 0) is 25.2 Å².